The van der Waals surface area contributed by atoms with Crippen LogP contribution in [0.25, 0.3) is 11.4 Å². The molecule has 0 fully saturated rings. The maximum atomic E-state index is 11.0. The monoisotopic (exact) mass is 230 g/mol. The molecular formula is C13H14N2O2. The van der Waals surface area contributed by atoms with Gasteiger partial charge in [-0.05, 0) is 18.9 Å². The number of benzene rings is 1. The van der Waals surface area contributed by atoms with E-state index in [4.69, 9.17) is 5.11 Å². The predicted octanol–water partition coefficient (Wildman–Crippen LogP) is 2.65. The van der Waals surface area contributed by atoms with Crippen LogP contribution in [0.5, 0.6) is 0 Å². The molecule has 0 amide bonds. The molecule has 88 valence electrons. The van der Waals surface area contributed by atoms with Crippen molar-refractivity contribution >= 4 is 5.97 Å². The lowest BCUT2D eigenvalue weighted by atomic mass is 10.1. The van der Waals surface area contributed by atoms with E-state index in [2.05, 4.69) is 9.97 Å². The highest BCUT2D eigenvalue weighted by molar-refractivity contribution is 5.87. The van der Waals surface area contributed by atoms with Crippen LogP contribution in [0.2, 0.25) is 0 Å². The Balaban J connectivity index is 2.54. The van der Waals surface area contributed by atoms with Crippen LogP contribution in [-0.2, 0) is 6.42 Å². The largest absolute Gasteiger partial charge is 0.476 e. The van der Waals surface area contributed by atoms with Crippen molar-refractivity contribution in [1.29, 1.82) is 0 Å². The minimum absolute atomic E-state index is 0.116. The van der Waals surface area contributed by atoms with Gasteiger partial charge in [0.1, 0.15) is 5.82 Å². The number of nitrogens with one attached hydrogen (secondary N) is 1. The van der Waals surface area contributed by atoms with Gasteiger partial charge in [0.2, 0.25) is 0 Å². The van der Waals surface area contributed by atoms with Crippen LogP contribution >= 0.6 is 0 Å². The van der Waals surface area contributed by atoms with Gasteiger partial charge in [-0.2, -0.15) is 0 Å². The van der Waals surface area contributed by atoms with Crippen molar-refractivity contribution in [2.45, 2.75) is 20.3 Å². The van der Waals surface area contributed by atoms with E-state index in [1.807, 2.05) is 38.1 Å². The van der Waals surface area contributed by atoms with E-state index in [0.29, 0.717) is 17.9 Å². The minimum Gasteiger partial charge on any atom is -0.476 e. The van der Waals surface area contributed by atoms with Crippen molar-refractivity contribution in [1.82, 2.24) is 9.97 Å². The standard InChI is InChI=1S/C13H14N2O2/c1-3-10-11(13(16)17)15-12(14-10)9-7-5-4-6-8(9)2/h4-7H,3H2,1-2H3,(H,14,15)(H,16,17). The van der Waals surface area contributed by atoms with Gasteiger partial charge in [0, 0.05) is 11.3 Å². The molecule has 0 saturated heterocycles. The Hall–Kier alpha value is -2.10. The van der Waals surface area contributed by atoms with Crippen molar-refractivity contribution in [3.63, 3.8) is 0 Å². The molecular weight excluding hydrogens is 216 g/mol. The lowest BCUT2D eigenvalue weighted by Gasteiger charge is -2.00. The van der Waals surface area contributed by atoms with E-state index in [1.54, 1.807) is 0 Å². The normalized spacial score (nSPS) is 10.5. The summed E-state index contributed by atoms with van der Waals surface area (Å²) in [5, 5.41) is 9.04. The molecule has 1 aromatic heterocycles. The number of rotatable bonds is 3. The molecule has 2 N–H and O–H groups in total. The van der Waals surface area contributed by atoms with Crippen molar-refractivity contribution < 1.29 is 9.90 Å². The predicted molar refractivity (Wildman–Crippen MR) is 65.1 cm³/mol. The molecule has 0 aliphatic heterocycles. The molecule has 0 aliphatic carbocycles. The summed E-state index contributed by atoms with van der Waals surface area (Å²) >= 11 is 0. The van der Waals surface area contributed by atoms with Gasteiger partial charge in [-0.25, -0.2) is 9.78 Å². The Morgan fingerprint density at radius 3 is 2.65 bits per heavy atom. The number of carboxylic acids is 1. The Bertz CT molecular complexity index is 558. The smallest absolute Gasteiger partial charge is 0.356 e. The number of hydrogen-bond donors (Lipinski definition) is 2. The van der Waals surface area contributed by atoms with Crippen LogP contribution in [0, 0.1) is 6.92 Å². The van der Waals surface area contributed by atoms with E-state index in [-0.39, 0.29) is 5.69 Å². The fraction of sp³-hybridized carbons (Fsp3) is 0.231. The number of hydrogen-bond acceptors (Lipinski definition) is 2. The first kappa shape index (κ1) is 11.4. The Morgan fingerprint density at radius 1 is 1.41 bits per heavy atom. The van der Waals surface area contributed by atoms with Gasteiger partial charge in [0.25, 0.3) is 0 Å². The Kier molecular flexibility index (Phi) is 2.95. The van der Waals surface area contributed by atoms with Crippen molar-refractivity contribution in [3.8, 4) is 11.4 Å². The molecule has 1 aromatic carbocycles. The molecule has 0 atom stereocenters. The number of imidazole rings is 1. The third-order valence-corrected chi connectivity index (χ3v) is 2.74. The molecule has 0 bridgehead atoms. The van der Waals surface area contributed by atoms with Gasteiger partial charge in [0.05, 0.1) is 0 Å². The van der Waals surface area contributed by atoms with Crippen LogP contribution in [0.3, 0.4) is 0 Å². The molecule has 0 unspecified atom stereocenters. The molecule has 2 rings (SSSR count). The zero-order valence-electron chi connectivity index (χ0n) is 9.82. The Morgan fingerprint density at radius 2 is 2.12 bits per heavy atom. The average molecular weight is 230 g/mol. The SMILES string of the molecule is CCc1[nH]c(-c2ccccc2C)nc1C(=O)O. The number of aromatic nitrogens is 2. The quantitative estimate of drug-likeness (QED) is 0.851. The van der Waals surface area contributed by atoms with Crippen molar-refractivity contribution in [3.05, 3.63) is 41.2 Å². The summed E-state index contributed by atoms with van der Waals surface area (Å²) in [5.41, 5.74) is 2.79. The maximum absolute atomic E-state index is 11.0. The second-order valence-electron chi connectivity index (χ2n) is 3.89. The van der Waals surface area contributed by atoms with Crippen LogP contribution in [0.1, 0.15) is 28.7 Å². The Labute approximate surface area is 99.3 Å². The molecule has 4 nitrogen and oxygen atoms in total. The number of H-pyrrole nitrogens is 1. The van der Waals surface area contributed by atoms with E-state index < -0.39 is 5.97 Å². The van der Waals surface area contributed by atoms with Gasteiger partial charge in [-0.1, -0.05) is 31.2 Å². The second-order valence-corrected chi connectivity index (χ2v) is 3.89. The van der Waals surface area contributed by atoms with E-state index >= 15 is 0 Å². The summed E-state index contributed by atoms with van der Waals surface area (Å²) in [7, 11) is 0. The van der Waals surface area contributed by atoms with Crippen LogP contribution in [0.15, 0.2) is 24.3 Å². The maximum Gasteiger partial charge on any atom is 0.356 e. The zero-order chi connectivity index (χ0) is 12.4. The van der Waals surface area contributed by atoms with Gasteiger partial charge in [-0.3, -0.25) is 0 Å². The lowest BCUT2D eigenvalue weighted by molar-refractivity contribution is 0.0690. The highest BCUT2D eigenvalue weighted by atomic mass is 16.4. The molecule has 0 saturated carbocycles. The summed E-state index contributed by atoms with van der Waals surface area (Å²) in [4.78, 5) is 18.3. The third kappa shape index (κ3) is 2.06. The van der Waals surface area contributed by atoms with Crippen LogP contribution in [0.4, 0.5) is 0 Å². The fourth-order valence-electron chi connectivity index (χ4n) is 1.81. The van der Waals surface area contributed by atoms with E-state index in [1.165, 1.54) is 0 Å². The first-order valence-corrected chi connectivity index (χ1v) is 5.51. The van der Waals surface area contributed by atoms with Crippen LogP contribution < -0.4 is 0 Å². The molecule has 2 aromatic rings. The number of carboxylic acid groups (broad SMARTS) is 1. The number of aromatic amines is 1. The summed E-state index contributed by atoms with van der Waals surface area (Å²) in [5.74, 6) is -0.365. The highest BCUT2D eigenvalue weighted by Crippen LogP contribution is 2.22. The summed E-state index contributed by atoms with van der Waals surface area (Å²) in [6.07, 6.45) is 0.626. The van der Waals surface area contributed by atoms with Crippen LogP contribution in [-0.4, -0.2) is 21.0 Å². The molecule has 4 heteroatoms. The molecule has 0 spiro atoms. The number of carbonyl (C=O) groups is 1. The zero-order valence-corrected chi connectivity index (χ0v) is 9.82. The van der Waals surface area contributed by atoms with Gasteiger partial charge in [-0.15, -0.1) is 0 Å². The molecule has 0 aliphatic rings. The molecule has 0 radical (unpaired) electrons. The topological polar surface area (TPSA) is 66.0 Å². The minimum atomic E-state index is -0.988. The van der Waals surface area contributed by atoms with E-state index in [9.17, 15) is 4.79 Å². The molecule has 1 heterocycles. The van der Waals surface area contributed by atoms with Gasteiger partial charge >= 0.3 is 5.97 Å². The summed E-state index contributed by atoms with van der Waals surface area (Å²) in [6, 6.07) is 7.76. The van der Waals surface area contributed by atoms with E-state index in [0.717, 1.165) is 11.1 Å². The lowest BCUT2D eigenvalue weighted by Crippen LogP contribution is -2.00. The number of aromatic carboxylic acids is 1. The average Bonchev–Trinajstić information content (AvgIpc) is 2.73. The van der Waals surface area contributed by atoms with Gasteiger partial charge < -0.3 is 10.1 Å². The highest BCUT2D eigenvalue weighted by Gasteiger charge is 2.16. The van der Waals surface area contributed by atoms with Crippen molar-refractivity contribution in [2.75, 3.05) is 0 Å². The summed E-state index contributed by atoms with van der Waals surface area (Å²) in [6.45, 7) is 3.88. The third-order valence-electron chi connectivity index (χ3n) is 2.74. The fourth-order valence-corrected chi connectivity index (χ4v) is 1.81. The van der Waals surface area contributed by atoms with Gasteiger partial charge in [0.15, 0.2) is 5.69 Å². The summed E-state index contributed by atoms with van der Waals surface area (Å²) < 4.78 is 0. The first-order valence-electron chi connectivity index (χ1n) is 5.51. The molecule has 17 heavy (non-hydrogen) atoms. The number of nitrogens with zero attached hydrogens (tertiary/aromatic N) is 1. The first-order chi connectivity index (χ1) is 8.13. The van der Waals surface area contributed by atoms with Crippen molar-refractivity contribution in [2.24, 2.45) is 0 Å². The number of aryl methyl sites for hydroxylation is 2. The second kappa shape index (κ2) is 4.41.